The fraction of sp³-hybridized carbons (Fsp3) is 0.300. The molecule has 1 rings (SSSR count). The molecule has 0 saturated carbocycles. The van der Waals surface area contributed by atoms with Crippen LogP contribution in [-0.4, -0.2) is 16.6 Å². The van der Waals surface area contributed by atoms with Gasteiger partial charge < -0.3 is 10.4 Å². The van der Waals surface area contributed by atoms with Crippen LogP contribution in [0.15, 0.2) is 18.2 Å². The molecular formula is C10H11Cl2NO2. The van der Waals surface area contributed by atoms with E-state index in [9.17, 15) is 9.90 Å². The van der Waals surface area contributed by atoms with Gasteiger partial charge in [0, 0.05) is 0 Å². The van der Waals surface area contributed by atoms with Crippen LogP contribution in [0.1, 0.15) is 13.8 Å². The van der Waals surface area contributed by atoms with E-state index in [1.54, 1.807) is 18.2 Å². The minimum atomic E-state index is -1.45. The molecule has 0 aliphatic heterocycles. The van der Waals surface area contributed by atoms with Crippen molar-refractivity contribution in [3.63, 3.8) is 0 Å². The van der Waals surface area contributed by atoms with Gasteiger partial charge in [-0.05, 0) is 26.0 Å². The number of carbonyl (C=O) groups is 1. The van der Waals surface area contributed by atoms with Crippen LogP contribution in [-0.2, 0) is 4.79 Å². The second-order valence-electron chi connectivity index (χ2n) is 3.61. The summed E-state index contributed by atoms with van der Waals surface area (Å²) in [7, 11) is 0. The normalized spacial score (nSPS) is 11.3. The van der Waals surface area contributed by atoms with Crippen LogP contribution < -0.4 is 5.32 Å². The zero-order chi connectivity index (χ0) is 11.6. The number of benzene rings is 1. The Kier molecular flexibility index (Phi) is 3.60. The molecule has 82 valence electrons. The third-order valence-electron chi connectivity index (χ3n) is 1.76. The standard InChI is InChI=1S/C10H11Cl2NO2/c1-10(2,15)9(14)13-7-5-3-4-6(11)8(7)12/h3-5,15H,1-2H3,(H,13,14). The Morgan fingerprint density at radius 3 is 2.53 bits per heavy atom. The van der Waals surface area contributed by atoms with Gasteiger partial charge in [0.2, 0.25) is 0 Å². The van der Waals surface area contributed by atoms with E-state index in [4.69, 9.17) is 23.2 Å². The second kappa shape index (κ2) is 4.39. The molecule has 0 atom stereocenters. The van der Waals surface area contributed by atoms with E-state index >= 15 is 0 Å². The van der Waals surface area contributed by atoms with Crippen molar-refractivity contribution in [3.8, 4) is 0 Å². The minimum absolute atomic E-state index is 0.261. The maximum Gasteiger partial charge on any atom is 0.255 e. The highest BCUT2D eigenvalue weighted by atomic mass is 35.5. The monoisotopic (exact) mass is 247 g/mol. The van der Waals surface area contributed by atoms with Crippen molar-refractivity contribution in [3.05, 3.63) is 28.2 Å². The molecule has 5 heteroatoms. The lowest BCUT2D eigenvalue weighted by Gasteiger charge is -2.17. The molecule has 3 nitrogen and oxygen atoms in total. The maximum atomic E-state index is 11.4. The molecule has 0 unspecified atom stereocenters. The molecule has 0 spiro atoms. The lowest BCUT2D eigenvalue weighted by molar-refractivity contribution is -0.130. The quantitative estimate of drug-likeness (QED) is 0.845. The summed E-state index contributed by atoms with van der Waals surface area (Å²) in [6, 6.07) is 4.88. The van der Waals surface area contributed by atoms with Crippen molar-refractivity contribution in [1.29, 1.82) is 0 Å². The summed E-state index contributed by atoms with van der Waals surface area (Å²) in [5.74, 6) is -0.535. The molecule has 0 bridgehead atoms. The van der Waals surface area contributed by atoms with Crippen molar-refractivity contribution in [2.24, 2.45) is 0 Å². The summed E-state index contributed by atoms with van der Waals surface area (Å²) in [5, 5.41) is 12.5. The summed E-state index contributed by atoms with van der Waals surface area (Å²) >= 11 is 11.6. The van der Waals surface area contributed by atoms with Crippen LogP contribution in [0.3, 0.4) is 0 Å². The molecule has 0 aromatic heterocycles. The Morgan fingerprint density at radius 1 is 1.40 bits per heavy atom. The molecule has 2 N–H and O–H groups in total. The zero-order valence-corrected chi connectivity index (χ0v) is 9.86. The summed E-state index contributed by atoms with van der Waals surface area (Å²) in [6.45, 7) is 2.78. The van der Waals surface area contributed by atoms with Crippen LogP contribution in [0.5, 0.6) is 0 Å². The molecule has 0 heterocycles. The SMILES string of the molecule is CC(C)(O)C(=O)Nc1cccc(Cl)c1Cl. The Bertz CT molecular complexity index is 385. The first-order chi connectivity index (χ1) is 6.82. The average molecular weight is 248 g/mol. The number of rotatable bonds is 2. The molecule has 0 aliphatic carbocycles. The fourth-order valence-electron chi connectivity index (χ4n) is 0.876. The molecule has 15 heavy (non-hydrogen) atoms. The van der Waals surface area contributed by atoms with Gasteiger partial charge in [-0.2, -0.15) is 0 Å². The molecule has 0 aliphatic rings. The summed E-state index contributed by atoms with van der Waals surface area (Å²) in [5.41, 5.74) is -1.07. The molecule has 0 radical (unpaired) electrons. The predicted octanol–water partition coefficient (Wildman–Crippen LogP) is 2.70. The minimum Gasteiger partial charge on any atom is -0.381 e. The third-order valence-corrected chi connectivity index (χ3v) is 2.57. The topological polar surface area (TPSA) is 49.3 Å². The Balaban J connectivity index is 2.91. The van der Waals surface area contributed by atoms with Crippen molar-refractivity contribution < 1.29 is 9.90 Å². The van der Waals surface area contributed by atoms with Crippen LogP contribution in [0.2, 0.25) is 10.0 Å². The van der Waals surface area contributed by atoms with Crippen LogP contribution in [0, 0.1) is 0 Å². The third kappa shape index (κ3) is 3.09. The van der Waals surface area contributed by atoms with E-state index in [-0.39, 0.29) is 5.02 Å². The molecule has 1 aromatic rings. The van der Waals surface area contributed by atoms with Crippen molar-refractivity contribution >= 4 is 34.8 Å². The molecule has 1 aromatic carbocycles. The van der Waals surface area contributed by atoms with Crippen molar-refractivity contribution in [2.75, 3.05) is 5.32 Å². The van der Waals surface area contributed by atoms with Crippen molar-refractivity contribution in [1.82, 2.24) is 0 Å². The van der Waals surface area contributed by atoms with E-state index in [0.717, 1.165) is 0 Å². The van der Waals surface area contributed by atoms with E-state index in [0.29, 0.717) is 10.7 Å². The molecule has 0 fully saturated rings. The van der Waals surface area contributed by atoms with Gasteiger partial charge in [-0.25, -0.2) is 0 Å². The first kappa shape index (κ1) is 12.3. The molecule has 1 amide bonds. The maximum absolute atomic E-state index is 11.4. The fourth-order valence-corrected chi connectivity index (χ4v) is 1.22. The lowest BCUT2D eigenvalue weighted by atomic mass is 10.1. The first-order valence-electron chi connectivity index (χ1n) is 4.30. The number of aliphatic hydroxyl groups is 1. The highest BCUT2D eigenvalue weighted by Gasteiger charge is 2.24. The highest BCUT2D eigenvalue weighted by Crippen LogP contribution is 2.29. The van der Waals surface area contributed by atoms with Crippen LogP contribution >= 0.6 is 23.2 Å². The van der Waals surface area contributed by atoms with Gasteiger partial charge in [-0.3, -0.25) is 4.79 Å². The number of anilines is 1. The number of nitrogens with one attached hydrogen (secondary N) is 1. The van der Waals surface area contributed by atoms with Crippen molar-refractivity contribution in [2.45, 2.75) is 19.4 Å². The molecular weight excluding hydrogens is 237 g/mol. The van der Waals surface area contributed by atoms with E-state index in [1.165, 1.54) is 13.8 Å². The lowest BCUT2D eigenvalue weighted by Crippen LogP contribution is -2.36. The van der Waals surface area contributed by atoms with E-state index < -0.39 is 11.5 Å². The number of hydrogen-bond donors (Lipinski definition) is 2. The molecule has 0 saturated heterocycles. The van der Waals surface area contributed by atoms with Gasteiger partial charge in [0.15, 0.2) is 0 Å². The summed E-state index contributed by atoms with van der Waals surface area (Å²) < 4.78 is 0. The Labute approximate surface area is 98.0 Å². The summed E-state index contributed by atoms with van der Waals surface area (Å²) in [6.07, 6.45) is 0. The number of hydrogen-bond acceptors (Lipinski definition) is 2. The highest BCUT2D eigenvalue weighted by molar-refractivity contribution is 6.44. The van der Waals surface area contributed by atoms with Gasteiger partial charge in [0.25, 0.3) is 5.91 Å². The number of halogens is 2. The Morgan fingerprint density at radius 2 is 2.00 bits per heavy atom. The zero-order valence-electron chi connectivity index (χ0n) is 8.34. The first-order valence-corrected chi connectivity index (χ1v) is 5.06. The largest absolute Gasteiger partial charge is 0.381 e. The predicted molar refractivity (Wildman–Crippen MR) is 61.4 cm³/mol. The number of amides is 1. The van der Waals surface area contributed by atoms with E-state index in [2.05, 4.69) is 5.32 Å². The van der Waals surface area contributed by atoms with E-state index in [1.807, 2.05) is 0 Å². The smallest absolute Gasteiger partial charge is 0.255 e. The van der Waals surface area contributed by atoms with Gasteiger partial charge in [-0.15, -0.1) is 0 Å². The number of carbonyl (C=O) groups excluding carboxylic acids is 1. The second-order valence-corrected chi connectivity index (χ2v) is 4.40. The van der Waals surface area contributed by atoms with Crippen LogP contribution in [0.4, 0.5) is 5.69 Å². The Hall–Kier alpha value is -0.770. The van der Waals surface area contributed by atoms with Gasteiger partial charge in [0.05, 0.1) is 15.7 Å². The van der Waals surface area contributed by atoms with Gasteiger partial charge in [0.1, 0.15) is 5.60 Å². The van der Waals surface area contributed by atoms with Gasteiger partial charge in [-0.1, -0.05) is 29.3 Å². The van der Waals surface area contributed by atoms with Crippen LogP contribution in [0.25, 0.3) is 0 Å². The average Bonchev–Trinajstić information content (AvgIpc) is 2.11. The van der Waals surface area contributed by atoms with Gasteiger partial charge >= 0.3 is 0 Å². The summed E-state index contributed by atoms with van der Waals surface area (Å²) in [4.78, 5) is 11.4.